The van der Waals surface area contributed by atoms with E-state index in [-0.39, 0.29) is 23.9 Å². The number of hydrogen-bond donors (Lipinski definition) is 0. The highest BCUT2D eigenvalue weighted by Crippen LogP contribution is 2.39. The Morgan fingerprint density at radius 1 is 0.923 bits per heavy atom. The molecule has 0 aromatic carbocycles. The largest absolute Gasteiger partial charge is 0.335 e. The van der Waals surface area contributed by atoms with Gasteiger partial charge in [-0.05, 0) is 49.9 Å². The molecule has 4 aliphatic rings. The van der Waals surface area contributed by atoms with Crippen molar-refractivity contribution in [2.45, 2.75) is 50.6 Å². The SMILES string of the molecule is CN1CC2CC(=O)N(c3ccc(N(C)c4ncc5cc6n(c5n4)C4CCCCCC4N(C)C6=O)nc3)C[C@@H]2C1. The summed E-state index contributed by atoms with van der Waals surface area (Å²) in [5.41, 5.74) is 2.35. The van der Waals surface area contributed by atoms with Gasteiger partial charge in [-0.2, -0.15) is 4.98 Å². The number of carbonyl (C=O) groups excluding carboxylic acids is 2. The summed E-state index contributed by atoms with van der Waals surface area (Å²) in [5.74, 6) is 2.46. The number of hydrogen-bond acceptors (Lipinski definition) is 7. The molecule has 3 aromatic rings. The molecule has 10 nitrogen and oxygen atoms in total. The number of aromatic nitrogens is 4. The number of likely N-dealkylation sites (tertiary alicyclic amines) is 1. The molecule has 1 aliphatic carbocycles. The van der Waals surface area contributed by atoms with Crippen LogP contribution < -0.4 is 9.80 Å². The first kappa shape index (κ1) is 24.5. The van der Waals surface area contributed by atoms with Crippen molar-refractivity contribution in [2.24, 2.45) is 11.8 Å². The zero-order valence-electron chi connectivity index (χ0n) is 23.0. The van der Waals surface area contributed by atoms with Crippen molar-refractivity contribution in [1.82, 2.24) is 29.3 Å². The van der Waals surface area contributed by atoms with E-state index < -0.39 is 0 Å². The summed E-state index contributed by atoms with van der Waals surface area (Å²) in [6.07, 6.45) is 9.79. The minimum Gasteiger partial charge on any atom is -0.335 e. The van der Waals surface area contributed by atoms with Crippen LogP contribution in [-0.2, 0) is 4.79 Å². The first-order valence-electron chi connectivity index (χ1n) is 14.2. The maximum atomic E-state index is 13.3. The molecule has 3 aliphatic heterocycles. The zero-order chi connectivity index (χ0) is 26.8. The molecule has 39 heavy (non-hydrogen) atoms. The summed E-state index contributed by atoms with van der Waals surface area (Å²) in [7, 11) is 5.98. The average molecular weight is 529 g/mol. The molecule has 3 unspecified atom stereocenters. The third-order valence-corrected chi connectivity index (χ3v) is 9.48. The van der Waals surface area contributed by atoms with E-state index in [2.05, 4.69) is 21.5 Å². The van der Waals surface area contributed by atoms with Crippen molar-refractivity contribution >= 4 is 40.3 Å². The maximum absolute atomic E-state index is 13.3. The molecule has 0 spiro atoms. The summed E-state index contributed by atoms with van der Waals surface area (Å²) in [6.45, 7) is 2.79. The van der Waals surface area contributed by atoms with E-state index in [1.165, 1.54) is 6.42 Å². The second-order valence-electron chi connectivity index (χ2n) is 11.9. The molecule has 2 amide bonds. The van der Waals surface area contributed by atoms with Crippen LogP contribution in [0.15, 0.2) is 30.6 Å². The van der Waals surface area contributed by atoms with Gasteiger partial charge in [0, 0.05) is 51.7 Å². The molecule has 1 saturated carbocycles. The second-order valence-corrected chi connectivity index (χ2v) is 11.9. The number of nitrogens with zero attached hydrogens (tertiary/aromatic N) is 8. The van der Waals surface area contributed by atoms with Crippen molar-refractivity contribution < 1.29 is 9.59 Å². The summed E-state index contributed by atoms with van der Waals surface area (Å²) in [4.78, 5) is 48.5. The van der Waals surface area contributed by atoms with Gasteiger partial charge in [-0.25, -0.2) is 9.97 Å². The molecule has 10 heteroatoms. The lowest BCUT2D eigenvalue weighted by Gasteiger charge is -2.40. The van der Waals surface area contributed by atoms with Crippen LogP contribution in [-0.4, -0.2) is 88.0 Å². The fourth-order valence-corrected chi connectivity index (χ4v) is 7.38. The predicted molar refractivity (Wildman–Crippen MR) is 149 cm³/mol. The maximum Gasteiger partial charge on any atom is 0.270 e. The van der Waals surface area contributed by atoms with E-state index in [0.717, 1.165) is 62.0 Å². The van der Waals surface area contributed by atoms with Crippen LogP contribution in [0.3, 0.4) is 0 Å². The Kier molecular flexibility index (Phi) is 5.84. The van der Waals surface area contributed by atoms with Crippen LogP contribution in [0.1, 0.15) is 55.1 Å². The molecular weight excluding hydrogens is 492 g/mol. The van der Waals surface area contributed by atoms with Crippen LogP contribution >= 0.6 is 0 Å². The molecule has 7 rings (SSSR count). The van der Waals surface area contributed by atoms with Crippen molar-refractivity contribution in [3.8, 4) is 0 Å². The van der Waals surface area contributed by atoms with Crippen molar-refractivity contribution in [2.75, 3.05) is 50.6 Å². The van der Waals surface area contributed by atoms with Gasteiger partial charge in [-0.1, -0.05) is 19.3 Å². The molecule has 3 aromatic heterocycles. The first-order chi connectivity index (χ1) is 18.9. The summed E-state index contributed by atoms with van der Waals surface area (Å²) in [6, 6.07) is 6.27. The minimum absolute atomic E-state index is 0.0612. The van der Waals surface area contributed by atoms with E-state index in [0.29, 0.717) is 35.7 Å². The van der Waals surface area contributed by atoms with E-state index in [4.69, 9.17) is 9.97 Å². The molecule has 6 heterocycles. The fourth-order valence-electron chi connectivity index (χ4n) is 7.38. The number of likely N-dealkylation sites (N-methyl/N-ethyl adjacent to an activating group) is 1. The predicted octanol–water partition coefficient (Wildman–Crippen LogP) is 3.47. The Hall–Kier alpha value is -3.53. The van der Waals surface area contributed by atoms with E-state index in [1.54, 1.807) is 6.20 Å². The standard InChI is InChI=1S/C29H36N8O2/c1-33-15-19-12-26(38)36(17-20(19)16-33)21-9-10-25(30-14-21)35(3)29-31-13-18-11-24-28(39)34(2)22-7-5-4-6-8-23(22)37(24)27(18)32-29/h9-11,13-14,19-20,22-23H,4-8,12,15-17H2,1-3H3/t19?,20-,22?,23?/m0/s1. The van der Waals surface area contributed by atoms with E-state index >= 15 is 0 Å². The van der Waals surface area contributed by atoms with Crippen LogP contribution in [0.5, 0.6) is 0 Å². The van der Waals surface area contributed by atoms with Gasteiger partial charge in [0.05, 0.1) is 24.0 Å². The Labute approximate surface area is 228 Å². The van der Waals surface area contributed by atoms with Gasteiger partial charge in [0.15, 0.2) is 0 Å². The number of carbonyl (C=O) groups is 2. The van der Waals surface area contributed by atoms with Crippen LogP contribution in [0.4, 0.5) is 17.5 Å². The fraction of sp³-hybridized carbons (Fsp3) is 0.552. The van der Waals surface area contributed by atoms with Gasteiger partial charge in [0.25, 0.3) is 5.91 Å². The van der Waals surface area contributed by atoms with Gasteiger partial charge in [-0.3, -0.25) is 14.5 Å². The molecule has 204 valence electrons. The summed E-state index contributed by atoms with van der Waals surface area (Å²) < 4.78 is 2.18. The second kappa shape index (κ2) is 9.29. The smallest absolute Gasteiger partial charge is 0.270 e. The van der Waals surface area contributed by atoms with Crippen LogP contribution in [0, 0.1) is 11.8 Å². The lowest BCUT2D eigenvalue weighted by molar-refractivity contribution is -0.121. The Morgan fingerprint density at radius 3 is 2.51 bits per heavy atom. The highest BCUT2D eigenvalue weighted by Gasteiger charge is 2.41. The third kappa shape index (κ3) is 3.99. The Balaban J connectivity index is 1.17. The lowest BCUT2D eigenvalue weighted by Crippen LogP contribution is -2.48. The number of rotatable bonds is 3. The van der Waals surface area contributed by atoms with E-state index in [9.17, 15) is 9.59 Å². The number of piperidine rings is 1. The Morgan fingerprint density at radius 2 is 1.72 bits per heavy atom. The van der Waals surface area contributed by atoms with Gasteiger partial charge in [-0.15, -0.1) is 0 Å². The third-order valence-electron chi connectivity index (χ3n) is 9.48. The Bertz CT molecular complexity index is 1440. The molecule has 0 bridgehead atoms. The highest BCUT2D eigenvalue weighted by atomic mass is 16.2. The zero-order valence-corrected chi connectivity index (χ0v) is 23.0. The van der Waals surface area contributed by atoms with Gasteiger partial charge < -0.3 is 19.3 Å². The first-order valence-corrected chi connectivity index (χ1v) is 14.2. The van der Waals surface area contributed by atoms with Crippen molar-refractivity contribution in [3.63, 3.8) is 0 Å². The molecular formula is C29H36N8O2. The van der Waals surface area contributed by atoms with E-state index in [1.807, 2.05) is 53.2 Å². The summed E-state index contributed by atoms with van der Waals surface area (Å²) in [5, 5.41) is 0.886. The minimum atomic E-state index is 0.0612. The number of fused-ring (bicyclic) bond motifs is 6. The summed E-state index contributed by atoms with van der Waals surface area (Å²) >= 11 is 0. The quantitative estimate of drug-likeness (QED) is 0.514. The molecule has 0 N–H and O–H groups in total. The molecule has 3 fully saturated rings. The van der Waals surface area contributed by atoms with Crippen LogP contribution in [0.25, 0.3) is 11.0 Å². The highest BCUT2D eigenvalue weighted by molar-refractivity contribution is 5.99. The van der Waals surface area contributed by atoms with Gasteiger partial charge >= 0.3 is 0 Å². The number of amides is 2. The van der Waals surface area contributed by atoms with Crippen molar-refractivity contribution in [1.29, 1.82) is 0 Å². The number of anilines is 3. The monoisotopic (exact) mass is 528 g/mol. The average Bonchev–Trinajstić information content (AvgIpc) is 3.40. The van der Waals surface area contributed by atoms with Crippen LogP contribution in [0.2, 0.25) is 0 Å². The van der Waals surface area contributed by atoms with Gasteiger partial charge in [0.1, 0.15) is 17.2 Å². The molecule has 4 atom stereocenters. The topological polar surface area (TPSA) is 90.7 Å². The van der Waals surface area contributed by atoms with Gasteiger partial charge in [0.2, 0.25) is 11.9 Å². The molecule has 2 saturated heterocycles. The van der Waals surface area contributed by atoms with Crippen molar-refractivity contribution in [3.05, 3.63) is 36.3 Å². The normalized spacial score (nSPS) is 27.4. The number of pyridine rings is 1. The lowest BCUT2D eigenvalue weighted by atomic mass is 9.88. The molecule has 0 radical (unpaired) electrons.